The number of ketones is 1. The highest BCUT2D eigenvalue weighted by molar-refractivity contribution is 6.39. The number of carbonyl (C=O) groups excluding carboxylic acids is 4. The molecule has 192 valence electrons. The third kappa shape index (κ3) is 8.93. The van der Waals surface area contributed by atoms with Crippen LogP contribution >= 0.6 is 23.2 Å². The third-order valence-electron chi connectivity index (χ3n) is 5.12. The zero-order valence-corrected chi connectivity index (χ0v) is 21.1. The molecule has 1 unspecified atom stereocenters. The minimum atomic E-state index is -1.02. The molecule has 3 aromatic rings. The minimum absolute atomic E-state index is 0.0459. The lowest BCUT2D eigenvalue weighted by Crippen LogP contribution is -2.47. The van der Waals surface area contributed by atoms with Crippen molar-refractivity contribution in [1.82, 2.24) is 10.6 Å². The maximum atomic E-state index is 12.9. The van der Waals surface area contributed by atoms with E-state index in [2.05, 4.69) is 10.6 Å². The van der Waals surface area contributed by atoms with Crippen molar-refractivity contribution >= 4 is 47.0 Å². The molecule has 3 rings (SSSR count). The van der Waals surface area contributed by atoms with Gasteiger partial charge in [0.25, 0.3) is 0 Å². The molecule has 0 aliphatic rings. The van der Waals surface area contributed by atoms with Gasteiger partial charge in [-0.3, -0.25) is 9.59 Å². The Kier molecular flexibility index (Phi) is 10.5. The van der Waals surface area contributed by atoms with Crippen molar-refractivity contribution in [2.45, 2.75) is 19.1 Å². The standard InChI is InChI=1S/C27H24Cl2N2O6/c28-20-12-7-13-21(29)25(20)26(34)36-17-23(32)22(14-18-8-3-1-4-9-18)31-24(33)15-30-27(35)37-16-19-10-5-2-6-11-19/h1-13,22H,14-17H2,(H,30,35)(H,31,33). The SMILES string of the molecule is O=C(CNC(=O)OCc1ccccc1)NC(Cc1ccccc1)C(=O)COC(=O)c1c(Cl)cccc1Cl. The van der Waals surface area contributed by atoms with Gasteiger partial charge in [-0.25, -0.2) is 9.59 Å². The first-order valence-corrected chi connectivity index (χ1v) is 12.0. The molecule has 37 heavy (non-hydrogen) atoms. The lowest BCUT2D eigenvalue weighted by atomic mass is 10.0. The Balaban J connectivity index is 1.56. The predicted molar refractivity (Wildman–Crippen MR) is 138 cm³/mol. The summed E-state index contributed by atoms with van der Waals surface area (Å²) in [6, 6.07) is 21.6. The van der Waals surface area contributed by atoms with E-state index < -0.39 is 42.9 Å². The Hall–Kier alpha value is -3.88. The first-order valence-electron chi connectivity index (χ1n) is 11.2. The molecule has 1 atom stereocenters. The summed E-state index contributed by atoms with van der Waals surface area (Å²) in [5, 5.41) is 5.10. The molecule has 0 aliphatic heterocycles. The Labute approximate surface area is 223 Å². The van der Waals surface area contributed by atoms with E-state index in [-0.39, 0.29) is 28.6 Å². The molecule has 0 fully saturated rings. The highest BCUT2D eigenvalue weighted by Crippen LogP contribution is 2.25. The van der Waals surface area contributed by atoms with Gasteiger partial charge in [0.05, 0.1) is 21.7 Å². The van der Waals surface area contributed by atoms with Crippen LogP contribution in [0.15, 0.2) is 78.9 Å². The van der Waals surface area contributed by atoms with Crippen LogP contribution in [0, 0.1) is 0 Å². The number of hydrogen-bond donors (Lipinski definition) is 2. The first-order chi connectivity index (χ1) is 17.8. The van der Waals surface area contributed by atoms with E-state index in [9.17, 15) is 19.2 Å². The van der Waals surface area contributed by atoms with E-state index in [1.54, 1.807) is 42.5 Å². The molecule has 0 aromatic heterocycles. The van der Waals surface area contributed by atoms with Crippen LogP contribution in [0.25, 0.3) is 0 Å². The van der Waals surface area contributed by atoms with Crippen LogP contribution in [0.1, 0.15) is 21.5 Å². The van der Waals surface area contributed by atoms with Gasteiger partial charge in [0, 0.05) is 0 Å². The number of benzene rings is 3. The maximum Gasteiger partial charge on any atom is 0.407 e. The van der Waals surface area contributed by atoms with Crippen LogP contribution in [0.5, 0.6) is 0 Å². The van der Waals surface area contributed by atoms with Crippen LogP contribution in [-0.2, 0) is 32.1 Å². The Morgan fingerprint density at radius 3 is 1.97 bits per heavy atom. The highest BCUT2D eigenvalue weighted by Gasteiger charge is 2.24. The normalized spacial score (nSPS) is 11.2. The van der Waals surface area contributed by atoms with Crippen molar-refractivity contribution in [1.29, 1.82) is 0 Å². The molecule has 0 saturated heterocycles. The van der Waals surface area contributed by atoms with E-state index in [4.69, 9.17) is 32.7 Å². The number of alkyl carbamates (subject to hydrolysis) is 1. The van der Waals surface area contributed by atoms with Crippen LogP contribution in [0.4, 0.5) is 4.79 Å². The zero-order chi connectivity index (χ0) is 26.6. The van der Waals surface area contributed by atoms with Crippen LogP contribution in [0.3, 0.4) is 0 Å². The topological polar surface area (TPSA) is 111 Å². The molecule has 0 spiro atoms. The lowest BCUT2D eigenvalue weighted by Gasteiger charge is -2.18. The molecule has 0 aliphatic carbocycles. The van der Waals surface area contributed by atoms with Gasteiger partial charge in [-0.1, -0.05) is 89.9 Å². The zero-order valence-electron chi connectivity index (χ0n) is 19.6. The van der Waals surface area contributed by atoms with Gasteiger partial charge in [-0.05, 0) is 29.7 Å². The number of ether oxygens (including phenoxy) is 2. The van der Waals surface area contributed by atoms with Crippen molar-refractivity contribution in [3.8, 4) is 0 Å². The van der Waals surface area contributed by atoms with E-state index in [1.165, 1.54) is 12.1 Å². The Bertz CT molecular complexity index is 1220. The summed E-state index contributed by atoms with van der Waals surface area (Å²) in [7, 11) is 0. The largest absolute Gasteiger partial charge is 0.454 e. The number of Topliss-reactive ketones (excluding diaryl/α,β-unsaturated/α-hetero) is 1. The van der Waals surface area contributed by atoms with Crippen molar-refractivity contribution < 1.29 is 28.7 Å². The summed E-state index contributed by atoms with van der Waals surface area (Å²) in [5.74, 6) is -2.04. The van der Waals surface area contributed by atoms with Crippen LogP contribution in [0.2, 0.25) is 10.0 Å². The molecule has 10 heteroatoms. The summed E-state index contributed by atoms with van der Waals surface area (Å²) in [4.78, 5) is 49.8. The molecule has 0 saturated carbocycles. The second kappa shape index (κ2) is 14.0. The molecule has 2 amide bonds. The van der Waals surface area contributed by atoms with Gasteiger partial charge in [0.15, 0.2) is 12.4 Å². The van der Waals surface area contributed by atoms with Crippen molar-refractivity contribution in [2.24, 2.45) is 0 Å². The predicted octanol–water partition coefficient (Wildman–Crippen LogP) is 4.37. The van der Waals surface area contributed by atoms with E-state index >= 15 is 0 Å². The summed E-state index contributed by atoms with van der Waals surface area (Å²) in [5.41, 5.74) is 1.51. The van der Waals surface area contributed by atoms with Gasteiger partial charge in [-0.2, -0.15) is 0 Å². The van der Waals surface area contributed by atoms with Crippen LogP contribution in [-0.4, -0.2) is 42.9 Å². The molecule has 3 aromatic carbocycles. The average molecular weight is 543 g/mol. The van der Waals surface area contributed by atoms with Crippen LogP contribution < -0.4 is 10.6 Å². The number of amides is 2. The monoisotopic (exact) mass is 542 g/mol. The van der Waals surface area contributed by atoms with Gasteiger partial charge >= 0.3 is 12.1 Å². The van der Waals surface area contributed by atoms with Crippen molar-refractivity contribution in [3.63, 3.8) is 0 Å². The highest BCUT2D eigenvalue weighted by atomic mass is 35.5. The molecular weight excluding hydrogens is 519 g/mol. The fourth-order valence-electron chi connectivity index (χ4n) is 3.27. The molecule has 0 heterocycles. The van der Waals surface area contributed by atoms with E-state index in [0.717, 1.165) is 11.1 Å². The molecule has 8 nitrogen and oxygen atoms in total. The molecule has 0 bridgehead atoms. The van der Waals surface area contributed by atoms with Gasteiger partial charge in [0.2, 0.25) is 5.91 Å². The maximum absolute atomic E-state index is 12.9. The summed E-state index contributed by atoms with van der Waals surface area (Å²) in [6.45, 7) is -0.990. The van der Waals surface area contributed by atoms with Gasteiger partial charge in [-0.15, -0.1) is 0 Å². The smallest absolute Gasteiger partial charge is 0.407 e. The number of rotatable bonds is 11. The molecule has 2 N–H and O–H groups in total. The number of hydrogen-bond acceptors (Lipinski definition) is 6. The number of nitrogens with one attached hydrogen (secondary N) is 2. The Morgan fingerprint density at radius 2 is 1.35 bits per heavy atom. The number of esters is 1. The van der Waals surface area contributed by atoms with E-state index in [1.807, 2.05) is 24.3 Å². The summed E-state index contributed by atoms with van der Waals surface area (Å²) < 4.78 is 10.2. The Morgan fingerprint density at radius 1 is 0.757 bits per heavy atom. The minimum Gasteiger partial charge on any atom is -0.454 e. The fourth-order valence-corrected chi connectivity index (χ4v) is 3.82. The van der Waals surface area contributed by atoms with Crippen molar-refractivity contribution in [3.05, 3.63) is 106 Å². The summed E-state index contributed by atoms with van der Waals surface area (Å²) >= 11 is 12.0. The average Bonchev–Trinajstić information content (AvgIpc) is 2.90. The molecular formula is C27H24Cl2N2O6. The van der Waals surface area contributed by atoms with Gasteiger partial charge in [0.1, 0.15) is 13.2 Å². The molecule has 0 radical (unpaired) electrons. The quantitative estimate of drug-likeness (QED) is 0.348. The lowest BCUT2D eigenvalue weighted by molar-refractivity contribution is -0.129. The number of carbonyl (C=O) groups is 4. The third-order valence-corrected chi connectivity index (χ3v) is 5.75. The summed E-state index contributed by atoms with van der Waals surface area (Å²) in [6.07, 6.45) is -0.635. The van der Waals surface area contributed by atoms with Crippen molar-refractivity contribution in [2.75, 3.05) is 13.2 Å². The number of halogens is 2. The second-order valence-corrected chi connectivity index (χ2v) is 8.68. The van der Waals surface area contributed by atoms with E-state index in [0.29, 0.717) is 0 Å². The van der Waals surface area contributed by atoms with Gasteiger partial charge < -0.3 is 20.1 Å². The second-order valence-electron chi connectivity index (χ2n) is 7.86. The fraction of sp³-hybridized carbons (Fsp3) is 0.185. The first kappa shape index (κ1) is 27.7.